The summed E-state index contributed by atoms with van der Waals surface area (Å²) < 4.78 is 40.6. The van der Waals surface area contributed by atoms with E-state index in [1.165, 1.54) is 25.0 Å². The van der Waals surface area contributed by atoms with Crippen LogP contribution in [0.4, 0.5) is 24.5 Å². The number of aromatic nitrogens is 1. The van der Waals surface area contributed by atoms with E-state index in [9.17, 15) is 13.2 Å². The molecule has 3 nitrogen and oxygen atoms in total. The van der Waals surface area contributed by atoms with Crippen LogP contribution in [0, 0.1) is 5.82 Å². The zero-order valence-electron chi connectivity index (χ0n) is 15.6. The average Bonchev–Trinajstić information content (AvgIpc) is 3.22. The fraction of sp³-hybridized carbons (Fsp3) is 0.318. The van der Waals surface area contributed by atoms with Crippen LogP contribution in [-0.4, -0.2) is 18.1 Å². The van der Waals surface area contributed by atoms with Gasteiger partial charge in [-0.1, -0.05) is 18.2 Å². The maximum atomic E-state index is 14.5. The van der Waals surface area contributed by atoms with Crippen molar-refractivity contribution in [3.63, 3.8) is 0 Å². The van der Waals surface area contributed by atoms with E-state index in [0.29, 0.717) is 0 Å². The first-order valence-electron chi connectivity index (χ1n) is 9.51. The molecule has 1 N–H and O–H groups in total. The number of alkyl halides is 2. The standard InChI is InChI=1S/C22H22F3N3/c1-14(16-5-4-6-17(21(16)23)22(24)25)27-20-9-10-26-19-8-7-15(13-18(19)20)28-11-2-3-12-28/h4-10,13-14,22H,2-3,11-12H2,1H3,(H,26,27)/t14-/m1/s1. The fourth-order valence-electron chi connectivity index (χ4n) is 3.81. The summed E-state index contributed by atoms with van der Waals surface area (Å²) in [5.41, 5.74) is 2.43. The van der Waals surface area contributed by atoms with E-state index in [0.717, 1.165) is 41.4 Å². The minimum Gasteiger partial charge on any atom is -0.378 e. The molecule has 0 saturated carbocycles. The molecule has 1 aromatic heterocycles. The number of fused-ring (bicyclic) bond motifs is 1. The normalized spacial score (nSPS) is 15.4. The molecule has 4 rings (SSSR count). The summed E-state index contributed by atoms with van der Waals surface area (Å²) in [6.45, 7) is 3.84. The first-order valence-corrected chi connectivity index (χ1v) is 9.51. The summed E-state index contributed by atoms with van der Waals surface area (Å²) >= 11 is 0. The summed E-state index contributed by atoms with van der Waals surface area (Å²) in [7, 11) is 0. The first kappa shape index (κ1) is 18.6. The zero-order chi connectivity index (χ0) is 19.7. The quantitative estimate of drug-likeness (QED) is 0.576. The number of nitrogens with one attached hydrogen (secondary N) is 1. The van der Waals surface area contributed by atoms with Crippen LogP contribution < -0.4 is 10.2 Å². The molecule has 0 unspecified atom stereocenters. The topological polar surface area (TPSA) is 28.2 Å². The molecule has 3 aromatic rings. The Morgan fingerprint density at radius 3 is 2.54 bits per heavy atom. The monoisotopic (exact) mass is 385 g/mol. The lowest BCUT2D eigenvalue weighted by Gasteiger charge is -2.21. The van der Waals surface area contributed by atoms with Gasteiger partial charge in [-0.05, 0) is 44.0 Å². The third kappa shape index (κ3) is 3.51. The molecule has 28 heavy (non-hydrogen) atoms. The second-order valence-electron chi connectivity index (χ2n) is 7.17. The van der Waals surface area contributed by atoms with Gasteiger partial charge >= 0.3 is 0 Å². The largest absolute Gasteiger partial charge is 0.378 e. The van der Waals surface area contributed by atoms with Crippen molar-refractivity contribution in [3.8, 4) is 0 Å². The van der Waals surface area contributed by atoms with Crippen molar-refractivity contribution in [2.24, 2.45) is 0 Å². The molecule has 2 aromatic carbocycles. The molecular weight excluding hydrogens is 363 g/mol. The van der Waals surface area contributed by atoms with E-state index in [-0.39, 0.29) is 5.56 Å². The first-order chi connectivity index (χ1) is 13.5. The highest BCUT2D eigenvalue weighted by molar-refractivity contribution is 5.93. The minimum absolute atomic E-state index is 0.221. The van der Waals surface area contributed by atoms with Crippen LogP contribution >= 0.6 is 0 Å². The van der Waals surface area contributed by atoms with Gasteiger partial charge in [-0.2, -0.15) is 0 Å². The van der Waals surface area contributed by atoms with Crippen molar-refractivity contribution in [2.45, 2.75) is 32.2 Å². The molecular formula is C22H22F3N3. The number of hydrogen-bond acceptors (Lipinski definition) is 3. The fourth-order valence-corrected chi connectivity index (χ4v) is 3.81. The molecule has 0 amide bonds. The van der Waals surface area contributed by atoms with Crippen molar-refractivity contribution < 1.29 is 13.2 Å². The Balaban J connectivity index is 1.67. The molecule has 0 spiro atoms. The van der Waals surface area contributed by atoms with Crippen LogP contribution in [0.2, 0.25) is 0 Å². The lowest BCUT2D eigenvalue weighted by atomic mass is 10.0. The Kier molecular flexibility index (Phi) is 5.11. The molecule has 1 fully saturated rings. The lowest BCUT2D eigenvalue weighted by Crippen LogP contribution is -2.17. The van der Waals surface area contributed by atoms with E-state index < -0.39 is 23.8 Å². The highest BCUT2D eigenvalue weighted by atomic mass is 19.3. The number of nitrogens with zero attached hydrogens (tertiary/aromatic N) is 2. The third-order valence-corrected chi connectivity index (χ3v) is 5.33. The molecule has 0 radical (unpaired) electrons. The number of pyridine rings is 1. The van der Waals surface area contributed by atoms with Gasteiger partial charge in [0.15, 0.2) is 0 Å². The molecule has 1 aliphatic rings. The van der Waals surface area contributed by atoms with Crippen molar-refractivity contribution >= 4 is 22.3 Å². The molecule has 2 heterocycles. The molecule has 1 saturated heterocycles. The van der Waals surface area contributed by atoms with Gasteiger partial charge in [-0.3, -0.25) is 4.98 Å². The number of rotatable bonds is 5. The summed E-state index contributed by atoms with van der Waals surface area (Å²) in [4.78, 5) is 6.75. The number of hydrogen-bond donors (Lipinski definition) is 1. The molecule has 1 atom stereocenters. The molecule has 0 bridgehead atoms. The Labute approximate surface area is 162 Å². The van der Waals surface area contributed by atoms with Crippen molar-refractivity contribution in [1.82, 2.24) is 4.98 Å². The van der Waals surface area contributed by atoms with Crippen LogP contribution in [0.25, 0.3) is 10.9 Å². The highest BCUT2D eigenvalue weighted by Gasteiger charge is 2.20. The minimum atomic E-state index is -2.84. The molecule has 1 aliphatic heterocycles. The Morgan fingerprint density at radius 2 is 1.79 bits per heavy atom. The number of benzene rings is 2. The van der Waals surface area contributed by atoms with E-state index in [1.807, 2.05) is 12.1 Å². The van der Waals surface area contributed by atoms with Gasteiger partial charge in [0.25, 0.3) is 6.43 Å². The van der Waals surface area contributed by atoms with Gasteiger partial charge in [0.2, 0.25) is 0 Å². The summed E-state index contributed by atoms with van der Waals surface area (Å²) in [5.74, 6) is -0.853. The van der Waals surface area contributed by atoms with Gasteiger partial charge in [-0.15, -0.1) is 0 Å². The highest BCUT2D eigenvalue weighted by Crippen LogP contribution is 2.32. The van der Waals surface area contributed by atoms with Crippen LogP contribution in [0.3, 0.4) is 0 Å². The molecule has 6 heteroatoms. The van der Waals surface area contributed by atoms with Crippen LogP contribution in [0.5, 0.6) is 0 Å². The number of anilines is 2. The summed E-state index contributed by atoms with van der Waals surface area (Å²) in [6, 6.07) is 11.6. The van der Waals surface area contributed by atoms with Crippen molar-refractivity contribution in [3.05, 3.63) is 65.6 Å². The molecule has 146 valence electrons. The lowest BCUT2D eigenvalue weighted by molar-refractivity contribution is 0.146. The Morgan fingerprint density at radius 1 is 1.04 bits per heavy atom. The van der Waals surface area contributed by atoms with Gasteiger partial charge in [0.05, 0.1) is 17.1 Å². The zero-order valence-corrected chi connectivity index (χ0v) is 15.6. The van der Waals surface area contributed by atoms with E-state index in [2.05, 4.69) is 27.3 Å². The smallest absolute Gasteiger partial charge is 0.266 e. The number of halogens is 3. The van der Waals surface area contributed by atoms with Gasteiger partial charge in [0.1, 0.15) is 5.82 Å². The Hall–Kier alpha value is -2.76. The predicted octanol–water partition coefficient (Wildman–Crippen LogP) is 6.08. The summed E-state index contributed by atoms with van der Waals surface area (Å²) in [5, 5.41) is 4.22. The molecule has 0 aliphatic carbocycles. The van der Waals surface area contributed by atoms with E-state index in [1.54, 1.807) is 13.1 Å². The van der Waals surface area contributed by atoms with Gasteiger partial charge < -0.3 is 10.2 Å². The van der Waals surface area contributed by atoms with Crippen LogP contribution in [0.1, 0.15) is 43.4 Å². The van der Waals surface area contributed by atoms with Crippen LogP contribution in [0.15, 0.2) is 48.7 Å². The third-order valence-electron chi connectivity index (χ3n) is 5.33. The van der Waals surface area contributed by atoms with Gasteiger partial charge in [-0.25, -0.2) is 13.2 Å². The average molecular weight is 385 g/mol. The second-order valence-corrected chi connectivity index (χ2v) is 7.17. The maximum absolute atomic E-state index is 14.5. The SMILES string of the molecule is C[C@@H](Nc1ccnc2ccc(N3CCCC3)cc12)c1cccc(C(F)F)c1F. The maximum Gasteiger partial charge on any atom is 0.266 e. The van der Waals surface area contributed by atoms with Crippen LogP contribution in [-0.2, 0) is 0 Å². The summed E-state index contributed by atoms with van der Waals surface area (Å²) in [6.07, 6.45) is 1.23. The van der Waals surface area contributed by atoms with E-state index >= 15 is 0 Å². The Bertz CT molecular complexity index is 984. The van der Waals surface area contributed by atoms with Gasteiger partial charge in [0, 0.05) is 41.6 Å². The van der Waals surface area contributed by atoms with E-state index in [4.69, 9.17) is 0 Å². The predicted molar refractivity (Wildman–Crippen MR) is 107 cm³/mol. The van der Waals surface area contributed by atoms with Crippen molar-refractivity contribution in [1.29, 1.82) is 0 Å². The van der Waals surface area contributed by atoms with Crippen molar-refractivity contribution in [2.75, 3.05) is 23.3 Å². The second kappa shape index (κ2) is 7.70.